The minimum Gasteiger partial charge on any atom is -0.493 e. The molecular weight excluding hydrogens is 271 g/mol. The van der Waals surface area contributed by atoms with Gasteiger partial charge in [0.05, 0.1) is 19.8 Å². The van der Waals surface area contributed by atoms with Crippen LogP contribution in [0.15, 0.2) is 36.4 Å². The molecule has 0 saturated heterocycles. The topological polar surface area (TPSA) is 54.3 Å². The first-order valence-corrected chi connectivity index (χ1v) is 6.32. The van der Waals surface area contributed by atoms with Crippen LogP contribution < -0.4 is 14.8 Å². The Bertz CT molecular complexity index is 680. The van der Waals surface area contributed by atoms with Gasteiger partial charge >= 0.3 is 0 Å². The van der Waals surface area contributed by atoms with Crippen LogP contribution in [-0.2, 0) is 6.54 Å². The van der Waals surface area contributed by atoms with E-state index in [2.05, 4.69) is 5.32 Å². The molecule has 0 spiro atoms. The lowest BCUT2D eigenvalue weighted by Crippen LogP contribution is -2.01. The molecule has 0 unspecified atom stereocenters. The molecule has 0 atom stereocenters. The maximum absolute atomic E-state index is 13.2. The number of methoxy groups -OCH3 is 2. The molecule has 108 valence electrons. The number of halogens is 1. The molecule has 2 rings (SSSR count). The van der Waals surface area contributed by atoms with Crippen molar-refractivity contribution < 1.29 is 13.9 Å². The second-order valence-corrected chi connectivity index (χ2v) is 4.35. The predicted octanol–water partition coefficient (Wildman–Crippen LogP) is 3.33. The number of benzene rings is 2. The van der Waals surface area contributed by atoms with Crippen LogP contribution in [0.5, 0.6) is 11.5 Å². The van der Waals surface area contributed by atoms with Gasteiger partial charge in [0.15, 0.2) is 11.5 Å². The van der Waals surface area contributed by atoms with Crippen LogP contribution in [0, 0.1) is 17.1 Å². The van der Waals surface area contributed by atoms with Gasteiger partial charge in [-0.25, -0.2) is 4.39 Å². The fourth-order valence-corrected chi connectivity index (χ4v) is 1.92. The van der Waals surface area contributed by atoms with E-state index in [0.29, 0.717) is 23.7 Å². The Hall–Kier alpha value is -2.74. The largest absolute Gasteiger partial charge is 0.493 e. The lowest BCUT2D eigenvalue weighted by Gasteiger charge is -2.11. The van der Waals surface area contributed by atoms with Crippen molar-refractivity contribution >= 4 is 5.69 Å². The number of rotatable bonds is 5. The first-order valence-electron chi connectivity index (χ1n) is 6.32. The molecule has 0 bridgehead atoms. The molecule has 0 aliphatic carbocycles. The first-order chi connectivity index (χ1) is 10.2. The summed E-state index contributed by atoms with van der Waals surface area (Å²) < 4.78 is 23.6. The van der Waals surface area contributed by atoms with Crippen LogP contribution in [-0.4, -0.2) is 14.2 Å². The maximum atomic E-state index is 13.2. The van der Waals surface area contributed by atoms with Gasteiger partial charge in [-0.2, -0.15) is 5.26 Å². The van der Waals surface area contributed by atoms with Crippen LogP contribution in [0.2, 0.25) is 0 Å². The molecule has 1 N–H and O–H groups in total. The number of nitriles is 1. The average Bonchev–Trinajstić information content (AvgIpc) is 2.53. The van der Waals surface area contributed by atoms with E-state index in [4.69, 9.17) is 14.7 Å². The molecule has 4 nitrogen and oxygen atoms in total. The van der Waals surface area contributed by atoms with Crippen LogP contribution in [0.3, 0.4) is 0 Å². The Morgan fingerprint density at radius 3 is 2.52 bits per heavy atom. The van der Waals surface area contributed by atoms with E-state index in [1.54, 1.807) is 20.3 Å². The summed E-state index contributed by atoms with van der Waals surface area (Å²) in [5.74, 6) is 0.789. The van der Waals surface area contributed by atoms with Crippen molar-refractivity contribution in [2.24, 2.45) is 0 Å². The predicted molar refractivity (Wildman–Crippen MR) is 78.0 cm³/mol. The quantitative estimate of drug-likeness (QED) is 0.916. The van der Waals surface area contributed by atoms with Gasteiger partial charge in [-0.05, 0) is 35.9 Å². The number of nitrogens with one attached hydrogen (secondary N) is 1. The summed E-state index contributed by atoms with van der Waals surface area (Å²) in [6.07, 6.45) is 0. The van der Waals surface area contributed by atoms with E-state index in [-0.39, 0.29) is 5.56 Å². The monoisotopic (exact) mass is 286 g/mol. The Labute approximate surface area is 122 Å². The second-order valence-electron chi connectivity index (χ2n) is 4.35. The summed E-state index contributed by atoms with van der Waals surface area (Å²) in [5, 5.41) is 11.9. The van der Waals surface area contributed by atoms with E-state index in [9.17, 15) is 4.39 Å². The van der Waals surface area contributed by atoms with E-state index >= 15 is 0 Å². The van der Waals surface area contributed by atoms with Crippen molar-refractivity contribution in [3.63, 3.8) is 0 Å². The normalized spacial score (nSPS) is 9.81. The van der Waals surface area contributed by atoms with Gasteiger partial charge in [0.1, 0.15) is 11.9 Å². The number of anilines is 1. The van der Waals surface area contributed by atoms with Gasteiger partial charge in [0.25, 0.3) is 0 Å². The zero-order valence-electron chi connectivity index (χ0n) is 11.8. The average molecular weight is 286 g/mol. The molecule has 0 saturated carbocycles. The van der Waals surface area contributed by atoms with E-state index in [1.165, 1.54) is 12.1 Å². The van der Waals surface area contributed by atoms with Gasteiger partial charge in [-0.15, -0.1) is 0 Å². The minimum absolute atomic E-state index is 0.0207. The molecule has 0 aromatic heterocycles. The Morgan fingerprint density at radius 1 is 1.10 bits per heavy atom. The summed E-state index contributed by atoms with van der Waals surface area (Å²) >= 11 is 0. The molecule has 5 heteroatoms. The molecule has 0 heterocycles. The summed E-state index contributed by atoms with van der Waals surface area (Å²) in [6, 6.07) is 11.8. The highest BCUT2D eigenvalue weighted by Gasteiger charge is 2.06. The number of hydrogen-bond acceptors (Lipinski definition) is 4. The zero-order chi connectivity index (χ0) is 15.2. The minimum atomic E-state index is -0.519. The third-order valence-corrected chi connectivity index (χ3v) is 3.03. The molecule has 2 aromatic carbocycles. The highest BCUT2D eigenvalue weighted by Crippen LogP contribution is 2.27. The van der Waals surface area contributed by atoms with Gasteiger partial charge in [0.2, 0.25) is 0 Å². The molecule has 0 aliphatic rings. The Balaban J connectivity index is 2.11. The highest BCUT2D eigenvalue weighted by molar-refractivity contribution is 5.51. The molecule has 0 radical (unpaired) electrons. The molecule has 0 aliphatic heterocycles. The van der Waals surface area contributed by atoms with Crippen LogP contribution >= 0.6 is 0 Å². The summed E-state index contributed by atoms with van der Waals surface area (Å²) in [4.78, 5) is 0. The summed E-state index contributed by atoms with van der Waals surface area (Å²) in [6.45, 7) is 0.525. The third kappa shape index (κ3) is 3.42. The fraction of sp³-hybridized carbons (Fsp3) is 0.188. The van der Waals surface area contributed by atoms with Crippen molar-refractivity contribution in [2.75, 3.05) is 19.5 Å². The van der Waals surface area contributed by atoms with Crippen LogP contribution in [0.1, 0.15) is 11.1 Å². The SMILES string of the molecule is COc1ccc(CNc2ccc(F)c(C#N)c2)cc1OC. The zero-order valence-corrected chi connectivity index (χ0v) is 11.8. The highest BCUT2D eigenvalue weighted by atomic mass is 19.1. The molecule has 21 heavy (non-hydrogen) atoms. The van der Waals surface area contributed by atoms with Gasteiger partial charge in [-0.1, -0.05) is 6.07 Å². The van der Waals surface area contributed by atoms with Crippen molar-refractivity contribution in [1.29, 1.82) is 5.26 Å². The van der Waals surface area contributed by atoms with E-state index < -0.39 is 5.82 Å². The van der Waals surface area contributed by atoms with Gasteiger partial charge < -0.3 is 14.8 Å². The standard InChI is InChI=1S/C16H15FN2O2/c1-20-15-6-3-11(7-16(15)21-2)10-19-13-4-5-14(17)12(8-13)9-18/h3-8,19H,10H2,1-2H3. The molecule has 2 aromatic rings. The molecule has 0 amide bonds. The molecule has 0 fully saturated rings. The number of ether oxygens (including phenoxy) is 2. The van der Waals surface area contributed by atoms with E-state index in [0.717, 1.165) is 5.56 Å². The second kappa shape index (κ2) is 6.62. The maximum Gasteiger partial charge on any atom is 0.161 e. The van der Waals surface area contributed by atoms with Crippen molar-refractivity contribution in [3.05, 3.63) is 53.3 Å². The third-order valence-electron chi connectivity index (χ3n) is 3.03. The van der Waals surface area contributed by atoms with E-state index in [1.807, 2.05) is 24.3 Å². The lowest BCUT2D eigenvalue weighted by molar-refractivity contribution is 0.354. The van der Waals surface area contributed by atoms with Crippen molar-refractivity contribution in [1.82, 2.24) is 0 Å². The van der Waals surface area contributed by atoms with Gasteiger partial charge in [0, 0.05) is 12.2 Å². The number of hydrogen-bond donors (Lipinski definition) is 1. The Kier molecular flexibility index (Phi) is 4.62. The smallest absolute Gasteiger partial charge is 0.161 e. The van der Waals surface area contributed by atoms with Crippen molar-refractivity contribution in [3.8, 4) is 17.6 Å². The Morgan fingerprint density at radius 2 is 1.86 bits per heavy atom. The lowest BCUT2D eigenvalue weighted by atomic mass is 10.1. The first kappa shape index (κ1) is 14.7. The van der Waals surface area contributed by atoms with Crippen molar-refractivity contribution in [2.45, 2.75) is 6.54 Å². The molecular formula is C16H15FN2O2. The van der Waals surface area contributed by atoms with Crippen LogP contribution in [0.4, 0.5) is 10.1 Å². The fourth-order valence-electron chi connectivity index (χ4n) is 1.92. The van der Waals surface area contributed by atoms with Gasteiger partial charge in [-0.3, -0.25) is 0 Å². The summed E-state index contributed by atoms with van der Waals surface area (Å²) in [7, 11) is 3.16. The van der Waals surface area contributed by atoms with Crippen LogP contribution in [0.25, 0.3) is 0 Å². The summed E-state index contributed by atoms with van der Waals surface area (Å²) in [5.41, 5.74) is 1.69. The number of nitrogens with zero attached hydrogens (tertiary/aromatic N) is 1.